The Morgan fingerprint density at radius 1 is 1.12 bits per heavy atom. The minimum absolute atomic E-state index is 0.540. The highest BCUT2D eigenvalue weighted by Gasteiger charge is 2.63. The summed E-state index contributed by atoms with van der Waals surface area (Å²) in [6.45, 7) is 0. The van der Waals surface area contributed by atoms with Crippen molar-refractivity contribution in [3.63, 3.8) is 0 Å². The largest absolute Gasteiger partial charge is 0.424 e. The monoisotopic (exact) mass is 285 g/mol. The molecule has 1 rings (SSSR count). The first kappa shape index (κ1) is 14.3. The first-order valence-corrected chi connectivity index (χ1v) is 7.24. The van der Waals surface area contributed by atoms with Gasteiger partial charge in [-0.2, -0.15) is 0 Å². The van der Waals surface area contributed by atoms with Crippen molar-refractivity contribution in [3.05, 3.63) is 24.4 Å². The van der Waals surface area contributed by atoms with Crippen LogP contribution in [0.4, 0.5) is 0 Å². The Morgan fingerprint density at radius 3 is 2.00 bits per heavy atom. The molecule has 17 heavy (non-hydrogen) atoms. The van der Waals surface area contributed by atoms with Gasteiger partial charge in [0, 0.05) is 12.3 Å². The molecule has 0 bridgehead atoms. The molecule has 0 radical (unpaired) electrons. The molecule has 1 aromatic heterocycles. The summed E-state index contributed by atoms with van der Waals surface area (Å²) in [6, 6.07) is 3.83. The molecular weight excluding hydrogens is 276 g/mol. The van der Waals surface area contributed by atoms with Gasteiger partial charge >= 0.3 is 20.5 Å². The number of nitrogens with zero attached hydrogens (tertiary/aromatic N) is 1. The first-order valence-electron chi connectivity index (χ1n) is 4.01. The molecule has 0 aliphatic rings. The van der Waals surface area contributed by atoms with Gasteiger partial charge in [-0.15, -0.1) is 0 Å². The fraction of sp³-hybridized carbons (Fsp3) is 0.167. The van der Waals surface area contributed by atoms with Crippen molar-refractivity contribution in [2.45, 2.75) is 5.27 Å². The molecule has 1 heterocycles. The average molecular weight is 285 g/mol. The first-order chi connectivity index (χ1) is 7.58. The molecule has 9 nitrogen and oxygen atoms in total. The van der Waals surface area contributed by atoms with E-state index in [1.807, 2.05) is 0 Å². The van der Waals surface area contributed by atoms with Crippen molar-refractivity contribution in [2.75, 3.05) is 0 Å². The van der Waals surface area contributed by atoms with E-state index in [1.165, 1.54) is 12.1 Å². The molecule has 0 saturated heterocycles. The minimum Gasteiger partial charge on any atom is -0.424 e. The van der Waals surface area contributed by atoms with Crippen molar-refractivity contribution in [1.82, 2.24) is 4.98 Å². The molecule has 0 unspecified atom stereocenters. The van der Waals surface area contributed by atoms with Crippen molar-refractivity contribution in [1.29, 1.82) is 0 Å². The molecule has 0 aliphatic carbocycles. The molecular formula is C6H9NO8P2. The van der Waals surface area contributed by atoms with Crippen LogP contribution in [-0.4, -0.2) is 34.9 Å². The Kier molecular flexibility index (Phi) is 3.75. The maximum atomic E-state index is 10.9. The maximum absolute atomic E-state index is 10.9. The van der Waals surface area contributed by atoms with E-state index in [0.717, 1.165) is 12.3 Å². The number of rotatable bonds is 4. The Bertz CT molecular complexity index is 456. The van der Waals surface area contributed by atoms with Crippen LogP contribution in [0.25, 0.3) is 0 Å². The van der Waals surface area contributed by atoms with Gasteiger partial charge in [-0.1, -0.05) is 6.07 Å². The van der Waals surface area contributed by atoms with Crippen LogP contribution >= 0.6 is 15.2 Å². The van der Waals surface area contributed by atoms with E-state index in [4.69, 9.17) is 19.6 Å². The van der Waals surface area contributed by atoms with Crippen LogP contribution in [0.5, 0.6) is 5.88 Å². The lowest BCUT2D eigenvalue weighted by molar-refractivity contribution is -0.0334. The second-order valence-electron chi connectivity index (χ2n) is 2.93. The number of aliphatic hydroxyl groups is 1. The minimum atomic E-state index is -5.64. The molecule has 0 aromatic carbocycles. The summed E-state index contributed by atoms with van der Waals surface area (Å²) >= 11 is 0. The summed E-state index contributed by atoms with van der Waals surface area (Å²) in [7, 11) is -11.3. The van der Waals surface area contributed by atoms with E-state index in [-0.39, 0.29) is 0 Å². The van der Waals surface area contributed by atoms with Crippen LogP contribution in [0.2, 0.25) is 0 Å². The Labute approximate surface area is 95.0 Å². The molecule has 0 amide bonds. The van der Waals surface area contributed by atoms with Crippen molar-refractivity contribution in [2.24, 2.45) is 0 Å². The second kappa shape index (κ2) is 4.47. The highest BCUT2D eigenvalue weighted by Crippen LogP contribution is 2.67. The summed E-state index contributed by atoms with van der Waals surface area (Å²) in [5, 5.41) is 5.40. The molecule has 0 atom stereocenters. The summed E-state index contributed by atoms with van der Waals surface area (Å²) in [4.78, 5) is 38.4. The van der Waals surface area contributed by atoms with Gasteiger partial charge in [0.05, 0.1) is 0 Å². The predicted molar refractivity (Wildman–Crippen MR) is 53.9 cm³/mol. The third-order valence-electron chi connectivity index (χ3n) is 1.64. The van der Waals surface area contributed by atoms with Gasteiger partial charge in [0.1, 0.15) is 0 Å². The average Bonchev–Trinajstić information content (AvgIpc) is 2.15. The molecule has 0 aliphatic heterocycles. The molecule has 0 fully saturated rings. The van der Waals surface area contributed by atoms with Crippen LogP contribution in [0.3, 0.4) is 0 Å². The van der Waals surface area contributed by atoms with Gasteiger partial charge in [0.2, 0.25) is 5.88 Å². The SMILES string of the molecule is O=P(O)(O)C(O)(Oc1ccccn1)P(=O)(O)O. The summed E-state index contributed by atoms with van der Waals surface area (Å²) < 4.78 is 26.1. The Morgan fingerprint density at radius 2 is 1.65 bits per heavy atom. The lowest BCUT2D eigenvalue weighted by Gasteiger charge is -2.28. The second-order valence-corrected chi connectivity index (χ2v) is 6.67. The topological polar surface area (TPSA) is 157 Å². The zero-order valence-electron chi connectivity index (χ0n) is 8.11. The standard InChI is InChI=1S/C6H9NO8P2/c8-6(16(9,10)11,17(12,13)14)15-5-3-1-2-4-7-5/h1-4,8H,(H2,9,10,11)(H2,12,13,14). The molecule has 96 valence electrons. The zero-order valence-corrected chi connectivity index (χ0v) is 9.90. The lowest BCUT2D eigenvalue weighted by Crippen LogP contribution is -2.35. The van der Waals surface area contributed by atoms with E-state index in [1.54, 1.807) is 0 Å². The van der Waals surface area contributed by atoms with E-state index < -0.39 is 26.3 Å². The number of hydrogen-bond acceptors (Lipinski definition) is 5. The summed E-state index contributed by atoms with van der Waals surface area (Å²) in [5.41, 5.74) is 0. The third-order valence-corrected chi connectivity index (χ3v) is 4.90. The molecule has 11 heteroatoms. The highest BCUT2D eigenvalue weighted by atomic mass is 31.2. The van der Waals surface area contributed by atoms with Crippen LogP contribution in [0.15, 0.2) is 24.4 Å². The number of ether oxygens (including phenoxy) is 1. The Balaban J connectivity index is 3.20. The highest BCUT2D eigenvalue weighted by molar-refractivity contribution is 7.71. The summed E-state index contributed by atoms with van der Waals surface area (Å²) in [5.74, 6) is -0.540. The van der Waals surface area contributed by atoms with Gasteiger partial charge in [-0.25, -0.2) is 4.98 Å². The fourth-order valence-corrected chi connectivity index (χ4v) is 2.62. The quantitative estimate of drug-likeness (QED) is 0.360. The maximum Gasteiger partial charge on any atom is 0.416 e. The molecule has 1 aromatic rings. The van der Waals surface area contributed by atoms with Crippen molar-refractivity contribution >= 4 is 15.2 Å². The van der Waals surface area contributed by atoms with Crippen LogP contribution in [0, 0.1) is 0 Å². The van der Waals surface area contributed by atoms with Crippen LogP contribution in [0.1, 0.15) is 0 Å². The van der Waals surface area contributed by atoms with E-state index in [2.05, 4.69) is 9.72 Å². The van der Waals surface area contributed by atoms with E-state index >= 15 is 0 Å². The normalized spacial score (nSPS) is 13.5. The fourth-order valence-electron chi connectivity index (χ4n) is 0.836. The third kappa shape index (κ3) is 2.91. The predicted octanol–water partition coefficient (Wildman–Crippen LogP) is -0.581. The van der Waals surface area contributed by atoms with Crippen molar-refractivity contribution in [3.8, 4) is 5.88 Å². The van der Waals surface area contributed by atoms with Crippen molar-refractivity contribution < 1.29 is 38.5 Å². The number of aromatic nitrogens is 1. The zero-order chi connectivity index (χ0) is 13.3. The number of pyridine rings is 1. The molecule has 5 N–H and O–H groups in total. The lowest BCUT2D eigenvalue weighted by atomic mass is 10.5. The van der Waals surface area contributed by atoms with Crippen LogP contribution in [-0.2, 0) is 9.13 Å². The van der Waals surface area contributed by atoms with Gasteiger partial charge in [-0.05, 0) is 6.07 Å². The molecule has 0 spiro atoms. The van der Waals surface area contributed by atoms with Gasteiger partial charge in [0.25, 0.3) is 0 Å². The summed E-state index contributed by atoms with van der Waals surface area (Å²) in [6.07, 6.45) is 1.15. The van der Waals surface area contributed by atoms with Crippen LogP contribution < -0.4 is 4.74 Å². The van der Waals surface area contributed by atoms with E-state index in [9.17, 15) is 14.2 Å². The van der Waals surface area contributed by atoms with E-state index in [0.29, 0.717) is 0 Å². The van der Waals surface area contributed by atoms with Gasteiger partial charge in [-0.3, -0.25) is 9.13 Å². The molecule has 0 saturated carbocycles. The van der Waals surface area contributed by atoms with Gasteiger partial charge < -0.3 is 29.4 Å². The smallest absolute Gasteiger partial charge is 0.416 e. The number of hydrogen-bond donors (Lipinski definition) is 5. The van der Waals surface area contributed by atoms with Gasteiger partial charge in [0.15, 0.2) is 0 Å². The Hall–Kier alpha value is -0.790.